The number of hydrogen-bond donors (Lipinski definition) is 2. The quantitative estimate of drug-likeness (QED) is 0.735. The van der Waals surface area contributed by atoms with Gasteiger partial charge >= 0.3 is 0 Å². The third-order valence-corrected chi connectivity index (χ3v) is 4.07. The van der Waals surface area contributed by atoms with E-state index in [0.29, 0.717) is 17.1 Å². The lowest BCUT2D eigenvalue weighted by Gasteiger charge is -2.18. The third kappa shape index (κ3) is 5.88. The smallest absolute Gasteiger partial charge is 0.262 e. The number of rotatable bonds is 5. The second kappa shape index (κ2) is 8.36. The van der Waals surface area contributed by atoms with E-state index >= 15 is 0 Å². The standard InChI is InChI=1S/C20H23BrN2O3/c1-13-10-14(21)8-9-17(13)26-12-18(24)22-15-6-5-7-16(11-15)23-19(25)20(2,3)4/h5-11H,12H2,1-4H3,(H,22,24)(H,23,25). The van der Waals surface area contributed by atoms with Gasteiger partial charge in [-0.15, -0.1) is 0 Å². The molecule has 0 saturated carbocycles. The topological polar surface area (TPSA) is 67.4 Å². The molecule has 0 aliphatic carbocycles. The van der Waals surface area contributed by atoms with Crippen molar-refractivity contribution >= 4 is 39.1 Å². The van der Waals surface area contributed by atoms with Crippen molar-refractivity contribution in [1.29, 1.82) is 0 Å². The Morgan fingerprint density at radius 3 is 2.31 bits per heavy atom. The van der Waals surface area contributed by atoms with Gasteiger partial charge in [-0.25, -0.2) is 0 Å². The Hall–Kier alpha value is -2.34. The van der Waals surface area contributed by atoms with E-state index < -0.39 is 5.41 Å². The first kappa shape index (κ1) is 20.0. The molecule has 0 fully saturated rings. The lowest BCUT2D eigenvalue weighted by atomic mass is 9.95. The largest absolute Gasteiger partial charge is 0.483 e. The number of nitrogens with one attached hydrogen (secondary N) is 2. The van der Waals surface area contributed by atoms with Crippen LogP contribution in [0.15, 0.2) is 46.9 Å². The Balaban J connectivity index is 1.94. The average Bonchev–Trinajstić information content (AvgIpc) is 2.53. The fraction of sp³-hybridized carbons (Fsp3) is 0.300. The van der Waals surface area contributed by atoms with Crippen LogP contribution in [0.5, 0.6) is 5.75 Å². The van der Waals surface area contributed by atoms with Crippen molar-refractivity contribution in [1.82, 2.24) is 0 Å². The molecule has 0 heterocycles. The second-order valence-corrected chi connectivity index (χ2v) is 7.95. The molecule has 0 bridgehead atoms. The molecule has 0 aliphatic heterocycles. The molecule has 2 N–H and O–H groups in total. The van der Waals surface area contributed by atoms with Crippen molar-refractivity contribution in [3.05, 3.63) is 52.5 Å². The van der Waals surface area contributed by atoms with Gasteiger partial charge in [0.25, 0.3) is 5.91 Å². The molecule has 2 aromatic rings. The molecular formula is C20H23BrN2O3. The van der Waals surface area contributed by atoms with Gasteiger partial charge in [0.15, 0.2) is 6.61 Å². The first-order valence-corrected chi connectivity index (χ1v) is 9.05. The summed E-state index contributed by atoms with van der Waals surface area (Å²) in [6, 6.07) is 12.6. The van der Waals surface area contributed by atoms with E-state index in [1.54, 1.807) is 24.3 Å². The van der Waals surface area contributed by atoms with Crippen molar-refractivity contribution in [2.45, 2.75) is 27.7 Å². The summed E-state index contributed by atoms with van der Waals surface area (Å²) in [6.07, 6.45) is 0. The van der Waals surface area contributed by atoms with Gasteiger partial charge in [-0.3, -0.25) is 9.59 Å². The van der Waals surface area contributed by atoms with Crippen molar-refractivity contribution in [3.8, 4) is 5.75 Å². The van der Waals surface area contributed by atoms with Crippen molar-refractivity contribution in [2.24, 2.45) is 5.41 Å². The average molecular weight is 419 g/mol. The van der Waals surface area contributed by atoms with Gasteiger partial charge in [-0.1, -0.05) is 42.8 Å². The van der Waals surface area contributed by atoms with Crippen molar-refractivity contribution in [2.75, 3.05) is 17.2 Å². The molecule has 2 aromatic carbocycles. The summed E-state index contributed by atoms with van der Waals surface area (Å²) in [6.45, 7) is 7.35. The third-order valence-electron chi connectivity index (χ3n) is 3.58. The first-order chi connectivity index (χ1) is 12.1. The molecule has 0 unspecified atom stereocenters. The lowest BCUT2D eigenvalue weighted by molar-refractivity contribution is -0.123. The number of halogens is 1. The van der Waals surface area contributed by atoms with E-state index in [4.69, 9.17) is 4.74 Å². The predicted octanol–water partition coefficient (Wildman–Crippen LogP) is 4.76. The molecule has 0 atom stereocenters. The molecule has 0 saturated heterocycles. The maximum Gasteiger partial charge on any atom is 0.262 e. The number of carbonyl (C=O) groups excluding carboxylic acids is 2. The number of anilines is 2. The summed E-state index contributed by atoms with van der Waals surface area (Å²) < 4.78 is 6.52. The fourth-order valence-electron chi connectivity index (χ4n) is 2.11. The molecular weight excluding hydrogens is 396 g/mol. The number of amides is 2. The number of benzene rings is 2. The Kier molecular flexibility index (Phi) is 6.42. The number of aryl methyl sites for hydroxylation is 1. The first-order valence-electron chi connectivity index (χ1n) is 8.25. The number of carbonyl (C=O) groups is 2. The van der Waals surface area contributed by atoms with Crippen LogP contribution in [-0.4, -0.2) is 18.4 Å². The minimum Gasteiger partial charge on any atom is -0.483 e. The van der Waals surface area contributed by atoms with Crippen LogP contribution in [0.2, 0.25) is 0 Å². The summed E-state index contributed by atoms with van der Waals surface area (Å²) in [5.41, 5.74) is 1.68. The zero-order valence-electron chi connectivity index (χ0n) is 15.4. The van der Waals surface area contributed by atoms with Crippen LogP contribution in [0.4, 0.5) is 11.4 Å². The van der Waals surface area contributed by atoms with E-state index in [1.807, 2.05) is 45.9 Å². The van der Waals surface area contributed by atoms with Crippen LogP contribution in [0.25, 0.3) is 0 Å². The second-order valence-electron chi connectivity index (χ2n) is 7.03. The lowest BCUT2D eigenvalue weighted by Crippen LogP contribution is -2.27. The number of hydrogen-bond acceptors (Lipinski definition) is 3. The minimum absolute atomic E-state index is 0.0879. The van der Waals surface area contributed by atoms with E-state index in [-0.39, 0.29) is 18.4 Å². The SMILES string of the molecule is Cc1cc(Br)ccc1OCC(=O)Nc1cccc(NC(=O)C(C)(C)C)c1. The van der Waals surface area contributed by atoms with Crippen LogP contribution < -0.4 is 15.4 Å². The van der Waals surface area contributed by atoms with Crippen molar-refractivity contribution in [3.63, 3.8) is 0 Å². The van der Waals surface area contributed by atoms with Crippen LogP contribution in [0.1, 0.15) is 26.3 Å². The maximum absolute atomic E-state index is 12.1. The van der Waals surface area contributed by atoms with Gasteiger partial charge in [-0.05, 0) is 48.9 Å². The van der Waals surface area contributed by atoms with Gasteiger partial charge < -0.3 is 15.4 Å². The highest BCUT2D eigenvalue weighted by Crippen LogP contribution is 2.22. The molecule has 6 heteroatoms. The molecule has 0 aliphatic rings. The van der Waals surface area contributed by atoms with Gasteiger partial charge in [0, 0.05) is 21.3 Å². The van der Waals surface area contributed by atoms with Gasteiger partial charge in [0.1, 0.15) is 5.75 Å². The highest BCUT2D eigenvalue weighted by atomic mass is 79.9. The van der Waals surface area contributed by atoms with E-state index in [2.05, 4.69) is 26.6 Å². The Morgan fingerprint density at radius 2 is 1.69 bits per heavy atom. The van der Waals surface area contributed by atoms with E-state index in [1.165, 1.54) is 0 Å². The summed E-state index contributed by atoms with van der Waals surface area (Å²) in [4.78, 5) is 24.2. The van der Waals surface area contributed by atoms with Gasteiger partial charge in [-0.2, -0.15) is 0 Å². The highest BCUT2D eigenvalue weighted by molar-refractivity contribution is 9.10. The maximum atomic E-state index is 12.1. The summed E-state index contributed by atoms with van der Waals surface area (Å²) in [5, 5.41) is 5.61. The zero-order valence-corrected chi connectivity index (χ0v) is 16.9. The predicted molar refractivity (Wildman–Crippen MR) is 108 cm³/mol. The monoisotopic (exact) mass is 418 g/mol. The summed E-state index contributed by atoms with van der Waals surface area (Å²) in [7, 11) is 0. The fourth-order valence-corrected chi connectivity index (χ4v) is 2.58. The highest BCUT2D eigenvalue weighted by Gasteiger charge is 2.21. The molecule has 0 aromatic heterocycles. The molecule has 5 nitrogen and oxygen atoms in total. The Labute approximate surface area is 162 Å². The molecule has 0 radical (unpaired) electrons. The van der Waals surface area contributed by atoms with Gasteiger partial charge in [0.05, 0.1) is 0 Å². The van der Waals surface area contributed by atoms with E-state index in [0.717, 1.165) is 10.0 Å². The normalized spacial score (nSPS) is 11.0. The van der Waals surface area contributed by atoms with Crippen LogP contribution in [-0.2, 0) is 9.59 Å². The molecule has 26 heavy (non-hydrogen) atoms. The molecule has 2 rings (SSSR count). The van der Waals surface area contributed by atoms with Crippen LogP contribution >= 0.6 is 15.9 Å². The summed E-state index contributed by atoms with van der Waals surface area (Å²) >= 11 is 3.39. The number of ether oxygens (including phenoxy) is 1. The van der Waals surface area contributed by atoms with E-state index in [9.17, 15) is 9.59 Å². The molecule has 2 amide bonds. The van der Waals surface area contributed by atoms with Crippen LogP contribution in [0, 0.1) is 12.3 Å². The van der Waals surface area contributed by atoms with Crippen molar-refractivity contribution < 1.29 is 14.3 Å². The Bertz CT molecular complexity index is 813. The Morgan fingerprint density at radius 1 is 1.04 bits per heavy atom. The minimum atomic E-state index is -0.490. The van der Waals surface area contributed by atoms with Crippen LogP contribution in [0.3, 0.4) is 0 Å². The zero-order chi connectivity index (χ0) is 19.3. The van der Waals surface area contributed by atoms with Gasteiger partial charge in [0.2, 0.25) is 5.91 Å². The molecule has 0 spiro atoms. The molecule has 138 valence electrons. The summed E-state index contributed by atoms with van der Waals surface area (Å²) in [5.74, 6) is 0.302.